The number of nitrogens with two attached hydrogens (primary N) is 1. The van der Waals surface area contributed by atoms with Crippen molar-refractivity contribution >= 4 is 61.7 Å². The lowest BCUT2D eigenvalue weighted by Gasteiger charge is -2.41. The second-order valence-corrected chi connectivity index (χ2v) is 12.4. The van der Waals surface area contributed by atoms with Crippen LogP contribution in [0.2, 0.25) is 5.02 Å². The predicted molar refractivity (Wildman–Crippen MR) is 181 cm³/mol. The van der Waals surface area contributed by atoms with E-state index in [4.69, 9.17) is 36.5 Å². The largest absolute Gasteiger partial charge is 0.463 e. The number of benzene rings is 3. The summed E-state index contributed by atoms with van der Waals surface area (Å²) in [6, 6.07) is 16.2. The van der Waals surface area contributed by atoms with E-state index in [0.717, 1.165) is 52.1 Å². The predicted octanol–water partition coefficient (Wildman–Crippen LogP) is 6.02. The van der Waals surface area contributed by atoms with E-state index < -0.39 is 0 Å². The molecule has 234 valence electrons. The van der Waals surface area contributed by atoms with E-state index in [9.17, 15) is 10.1 Å². The number of halogens is 1. The summed E-state index contributed by atoms with van der Waals surface area (Å²) in [6.07, 6.45) is 5.30. The molecule has 2 aliphatic rings. The summed E-state index contributed by atoms with van der Waals surface area (Å²) in [5.74, 6) is 0.435. The van der Waals surface area contributed by atoms with E-state index in [-0.39, 0.29) is 30.4 Å². The molecule has 0 bridgehead atoms. The Morgan fingerprint density at radius 1 is 1.20 bits per heavy atom. The van der Waals surface area contributed by atoms with Crippen molar-refractivity contribution in [3.8, 4) is 23.2 Å². The lowest BCUT2D eigenvalue weighted by atomic mass is 9.93. The first-order chi connectivity index (χ1) is 22.4. The number of nitriles is 1. The molecule has 0 spiro atoms. The maximum atomic E-state index is 12.7. The third-order valence-electron chi connectivity index (χ3n) is 9.29. The van der Waals surface area contributed by atoms with Gasteiger partial charge in [-0.05, 0) is 67.0 Å². The van der Waals surface area contributed by atoms with E-state index in [0.29, 0.717) is 53.9 Å². The fourth-order valence-corrected chi connectivity index (χ4v) is 7.16. The van der Waals surface area contributed by atoms with Gasteiger partial charge in [0.25, 0.3) is 0 Å². The highest BCUT2D eigenvalue weighted by atomic mass is 35.5. The molecular weight excluding hydrogens is 602 g/mol. The highest BCUT2D eigenvalue weighted by Gasteiger charge is 2.32. The van der Waals surface area contributed by atoms with E-state index in [1.165, 1.54) is 6.08 Å². The fraction of sp³-hybridized carbons (Fsp3) is 0.314. The van der Waals surface area contributed by atoms with Crippen LogP contribution >= 0.6 is 11.6 Å². The minimum Gasteiger partial charge on any atom is -0.463 e. The average Bonchev–Trinajstić information content (AvgIpc) is 3.72. The number of nitrogens with zero attached hydrogens (tertiary/aromatic N) is 6. The second-order valence-electron chi connectivity index (χ2n) is 12.0. The normalized spacial score (nSPS) is 18.8. The van der Waals surface area contributed by atoms with Crippen LogP contribution < -0.4 is 15.4 Å². The summed E-state index contributed by atoms with van der Waals surface area (Å²) in [5.41, 5.74) is 9.77. The molecule has 0 saturated carbocycles. The number of piperazine rings is 1. The molecule has 7 rings (SSSR count). The van der Waals surface area contributed by atoms with E-state index in [1.807, 2.05) is 42.5 Å². The van der Waals surface area contributed by atoms with E-state index in [1.54, 1.807) is 11.2 Å². The zero-order chi connectivity index (χ0) is 31.9. The van der Waals surface area contributed by atoms with Gasteiger partial charge in [-0.2, -0.15) is 15.2 Å². The minimum absolute atomic E-state index is 0.178. The third-order valence-corrected chi connectivity index (χ3v) is 9.69. The van der Waals surface area contributed by atoms with Gasteiger partial charge >= 0.3 is 6.01 Å². The van der Waals surface area contributed by atoms with Crippen molar-refractivity contribution in [2.75, 3.05) is 50.5 Å². The Morgan fingerprint density at radius 3 is 2.83 bits per heavy atom. The molecule has 10 nitrogen and oxygen atoms in total. The van der Waals surface area contributed by atoms with E-state index in [2.05, 4.69) is 29.5 Å². The smallest absolute Gasteiger partial charge is 0.319 e. The Morgan fingerprint density at radius 2 is 2.04 bits per heavy atom. The van der Waals surface area contributed by atoms with Crippen LogP contribution in [0.5, 0.6) is 6.01 Å². The molecule has 2 aliphatic heterocycles. The van der Waals surface area contributed by atoms with Crippen LogP contribution in [0.1, 0.15) is 19.3 Å². The highest BCUT2D eigenvalue weighted by molar-refractivity contribution is 6.38. The Kier molecular flexibility index (Phi) is 7.89. The Bertz CT molecular complexity index is 2040. The molecule has 2 N–H and O–H groups in total. The first kappa shape index (κ1) is 29.8. The molecule has 4 heterocycles. The second kappa shape index (κ2) is 12.2. The summed E-state index contributed by atoms with van der Waals surface area (Å²) in [6.45, 7) is 6.45. The molecule has 0 unspecified atom stereocenters. The van der Waals surface area contributed by atoms with Gasteiger partial charge in [0.1, 0.15) is 18.0 Å². The van der Waals surface area contributed by atoms with Crippen LogP contribution in [0.4, 0.5) is 11.5 Å². The van der Waals surface area contributed by atoms with Crippen LogP contribution in [0.15, 0.2) is 65.8 Å². The number of aromatic nitrogens is 2. The number of carbonyl (C=O) groups is 1. The van der Waals surface area contributed by atoms with Gasteiger partial charge in [-0.25, -0.2) is 0 Å². The maximum absolute atomic E-state index is 12.7. The third kappa shape index (κ3) is 5.15. The number of amides is 1. The van der Waals surface area contributed by atoms with Crippen molar-refractivity contribution < 1.29 is 13.9 Å². The summed E-state index contributed by atoms with van der Waals surface area (Å²) >= 11 is 6.95. The molecule has 5 aromatic rings. The number of hydrogen-bond donors (Lipinski definition) is 1. The molecule has 2 fully saturated rings. The topological polar surface area (TPSA) is 125 Å². The van der Waals surface area contributed by atoms with Gasteiger partial charge in [-0.3, -0.25) is 4.79 Å². The van der Waals surface area contributed by atoms with Crippen molar-refractivity contribution in [3.05, 3.63) is 66.4 Å². The summed E-state index contributed by atoms with van der Waals surface area (Å²) < 4.78 is 12.5. The minimum atomic E-state index is -0.338. The van der Waals surface area contributed by atoms with Gasteiger partial charge in [-0.15, -0.1) is 0 Å². The van der Waals surface area contributed by atoms with Gasteiger partial charge < -0.3 is 29.6 Å². The molecule has 11 heteroatoms. The monoisotopic (exact) mass is 635 g/mol. The van der Waals surface area contributed by atoms with Gasteiger partial charge in [-0.1, -0.05) is 42.4 Å². The zero-order valence-corrected chi connectivity index (χ0v) is 26.3. The van der Waals surface area contributed by atoms with E-state index >= 15 is 0 Å². The SMILES string of the molecule is C=CC(=O)N1CCN(c2nc(OC[C@@H]3CCCN3C)nc3cc(-c4c(Cl)c(N)cc5ccccc45)c4ccoc4c23)C[C@@H]1CC#N. The molecule has 1 amide bonds. The quantitative estimate of drug-likeness (QED) is 0.169. The molecule has 0 radical (unpaired) electrons. The van der Waals surface area contributed by atoms with Crippen molar-refractivity contribution in [1.29, 1.82) is 5.26 Å². The number of furan rings is 1. The van der Waals surface area contributed by atoms with Gasteiger partial charge in [0.05, 0.1) is 46.4 Å². The number of likely N-dealkylation sites (tertiary alicyclic amines) is 1. The number of nitrogen functional groups attached to an aromatic ring is 1. The summed E-state index contributed by atoms with van der Waals surface area (Å²) in [5, 5.41) is 13.6. The number of carbonyl (C=O) groups excluding carboxylic acids is 1. The van der Waals surface area contributed by atoms with Gasteiger partial charge in [0.15, 0.2) is 0 Å². The van der Waals surface area contributed by atoms with Crippen molar-refractivity contribution in [2.24, 2.45) is 0 Å². The lowest BCUT2D eigenvalue weighted by Crippen LogP contribution is -2.55. The number of fused-ring (bicyclic) bond motifs is 4. The first-order valence-electron chi connectivity index (χ1n) is 15.4. The fourth-order valence-electron chi connectivity index (χ4n) is 6.90. The van der Waals surface area contributed by atoms with Crippen LogP contribution in [0.25, 0.3) is 43.8 Å². The Hall–Kier alpha value is -4.85. The van der Waals surface area contributed by atoms with Crippen molar-refractivity contribution in [3.63, 3.8) is 0 Å². The maximum Gasteiger partial charge on any atom is 0.319 e. The molecule has 46 heavy (non-hydrogen) atoms. The van der Waals surface area contributed by atoms with Crippen molar-refractivity contribution in [1.82, 2.24) is 19.8 Å². The molecule has 2 saturated heterocycles. The molecule has 2 aromatic heterocycles. The number of rotatable bonds is 7. The van der Waals surface area contributed by atoms with Crippen LogP contribution in [0, 0.1) is 11.3 Å². The highest BCUT2D eigenvalue weighted by Crippen LogP contribution is 2.45. The average molecular weight is 636 g/mol. The lowest BCUT2D eigenvalue weighted by molar-refractivity contribution is -0.128. The summed E-state index contributed by atoms with van der Waals surface area (Å²) in [7, 11) is 2.10. The standard InChI is InChI=1S/C35H34ClN7O3/c1-3-29(44)43-15-14-42(19-22(43)10-12-37)34-31-28(39-35(40-34)46-20-23-8-6-13-41(23)2)18-26(25-11-16-45-33(25)31)30-24-9-5-4-7-21(24)17-27(38)32(30)36/h3-5,7,9,11,16-18,22-23H,1,6,8,10,13-15,19-20,38H2,2H3/t22-,23-/m0/s1. The molecule has 2 atom stereocenters. The zero-order valence-electron chi connectivity index (χ0n) is 25.6. The van der Waals surface area contributed by atoms with Gasteiger partial charge in [0, 0.05) is 36.6 Å². The number of hydrogen-bond acceptors (Lipinski definition) is 9. The Labute approximate surface area is 271 Å². The molecule has 0 aliphatic carbocycles. The number of anilines is 2. The first-order valence-corrected chi connectivity index (χ1v) is 15.8. The van der Waals surface area contributed by atoms with Gasteiger partial charge in [0.2, 0.25) is 5.91 Å². The summed E-state index contributed by atoms with van der Waals surface area (Å²) in [4.78, 5) is 28.6. The molecular formula is C35H34ClN7O3. The van der Waals surface area contributed by atoms with Crippen molar-refractivity contribution in [2.45, 2.75) is 31.3 Å². The van der Waals surface area contributed by atoms with Crippen LogP contribution in [0.3, 0.4) is 0 Å². The van der Waals surface area contributed by atoms with Crippen LogP contribution in [-0.2, 0) is 4.79 Å². The van der Waals surface area contributed by atoms with Crippen LogP contribution in [-0.4, -0.2) is 77.6 Å². The number of likely N-dealkylation sites (N-methyl/N-ethyl adjacent to an activating group) is 1. The molecule has 3 aromatic carbocycles. The Balaban J connectivity index is 1.42. The number of ether oxygens (including phenoxy) is 1.